The molecule has 0 fully saturated rings. The molecule has 114 valence electrons. The van der Waals surface area contributed by atoms with Crippen LogP contribution in [0.3, 0.4) is 0 Å². The fourth-order valence-electron chi connectivity index (χ4n) is 2.26. The van der Waals surface area contributed by atoms with E-state index in [4.69, 9.17) is 0 Å². The first-order valence-electron chi connectivity index (χ1n) is 6.65. The second-order valence-corrected chi connectivity index (χ2v) is 4.75. The lowest BCUT2D eigenvalue weighted by Gasteiger charge is -2.18. The van der Waals surface area contributed by atoms with Crippen molar-refractivity contribution in [2.75, 3.05) is 20.3 Å². The van der Waals surface area contributed by atoms with Gasteiger partial charge in [0.05, 0.1) is 0 Å². The van der Waals surface area contributed by atoms with Crippen LogP contribution in [0.15, 0.2) is 36.7 Å². The number of fused-ring (bicyclic) bond motifs is 1. The van der Waals surface area contributed by atoms with Gasteiger partial charge in [-0.05, 0) is 24.4 Å². The molecule has 2 aromatic rings. The third kappa shape index (κ3) is 4.41. The molecule has 1 aromatic carbocycles. The lowest BCUT2D eigenvalue weighted by atomic mass is 10.00. The molecular weight excluding hydrogens is 281 g/mol. The fraction of sp³-hybridized carbons (Fsp3) is 0.400. The van der Waals surface area contributed by atoms with Crippen molar-refractivity contribution in [2.45, 2.75) is 18.6 Å². The maximum atomic E-state index is 12.0. The summed E-state index contributed by atoms with van der Waals surface area (Å²) in [7, 11) is 1.77. The highest BCUT2D eigenvalue weighted by atomic mass is 19.4. The van der Waals surface area contributed by atoms with Gasteiger partial charge >= 0.3 is 6.18 Å². The topological polar surface area (TPSA) is 34.1 Å². The number of alkyl halides is 3. The number of ether oxygens (including phenoxy) is 1. The predicted molar refractivity (Wildman–Crippen MR) is 75.0 cm³/mol. The molecule has 6 heteroatoms. The summed E-state index contributed by atoms with van der Waals surface area (Å²) in [5.41, 5.74) is 0.964. The molecule has 1 N–H and O–H groups in total. The number of rotatable bonds is 6. The van der Waals surface area contributed by atoms with Crippen molar-refractivity contribution in [1.29, 1.82) is 0 Å². The Bertz CT molecular complexity index is 581. The monoisotopic (exact) mass is 298 g/mol. The Morgan fingerprint density at radius 2 is 2.00 bits per heavy atom. The summed E-state index contributed by atoms with van der Waals surface area (Å²) in [6.07, 6.45) is -0.322. The lowest BCUT2D eigenvalue weighted by Crippen LogP contribution is -2.22. The first kappa shape index (κ1) is 15.7. The molecule has 1 heterocycles. The second kappa shape index (κ2) is 6.87. The van der Waals surface area contributed by atoms with Crippen LogP contribution < -0.4 is 5.32 Å². The number of hydrogen-bond acceptors (Lipinski definition) is 3. The molecule has 2 rings (SSSR count). The SMILES string of the molecule is CNC(CCOCC(F)(F)F)c1cncc2ccccc12. The van der Waals surface area contributed by atoms with Gasteiger partial charge in [0.2, 0.25) is 0 Å². The normalized spacial score (nSPS) is 13.5. The number of aromatic nitrogens is 1. The van der Waals surface area contributed by atoms with Gasteiger partial charge in [-0.25, -0.2) is 0 Å². The van der Waals surface area contributed by atoms with Gasteiger partial charge in [-0.15, -0.1) is 0 Å². The van der Waals surface area contributed by atoms with Crippen LogP contribution in [-0.4, -0.2) is 31.4 Å². The summed E-state index contributed by atoms with van der Waals surface area (Å²) in [4.78, 5) is 4.19. The standard InChI is InChI=1S/C15H17F3N2O/c1-19-14(6-7-21-10-15(16,17)18)13-9-20-8-11-4-2-3-5-12(11)13/h2-5,8-9,14,19H,6-7,10H2,1H3. The van der Waals surface area contributed by atoms with Crippen molar-refractivity contribution in [3.8, 4) is 0 Å². The van der Waals surface area contributed by atoms with E-state index in [0.717, 1.165) is 16.3 Å². The van der Waals surface area contributed by atoms with Crippen molar-refractivity contribution in [3.63, 3.8) is 0 Å². The minimum Gasteiger partial charge on any atom is -0.372 e. The molecule has 0 saturated carbocycles. The van der Waals surface area contributed by atoms with E-state index < -0.39 is 12.8 Å². The molecule has 1 unspecified atom stereocenters. The highest BCUT2D eigenvalue weighted by molar-refractivity contribution is 5.85. The summed E-state index contributed by atoms with van der Waals surface area (Å²) < 4.78 is 40.8. The Morgan fingerprint density at radius 1 is 1.24 bits per heavy atom. The molecule has 0 aliphatic carbocycles. The Kier molecular flexibility index (Phi) is 5.14. The van der Waals surface area contributed by atoms with E-state index in [2.05, 4.69) is 15.0 Å². The summed E-state index contributed by atoms with van der Waals surface area (Å²) >= 11 is 0. The first-order chi connectivity index (χ1) is 10.0. The average molecular weight is 298 g/mol. The predicted octanol–water partition coefficient (Wildman–Crippen LogP) is 3.46. The summed E-state index contributed by atoms with van der Waals surface area (Å²) in [5.74, 6) is 0. The Morgan fingerprint density at radius 3 is 2.71 bits per heavy atom. The minimum absolute atomic E-state index is 0.0360. The quantitative estimate of drug-likeness (QED) is 0.829. The van der Waals surface area contributed by atoms with Crippen LogP contribution in [-0.2, 0) is 4.74 Å². The van der Waals surface area contributed by atoms with Crippen LogP contribution in [0, 0.1) is 0 Å². The van der Waals surface area contributed by atoms with Gasteiger partial charge in [0.1, 0.15) is 6.61 Å². The number of nitrogens with zero attached hydrogens (tertiary/aromatic N) is 1. The van der Waals surface area contributed by atoms with E-state index in [-0.39, 0.29) is 12.6 Å². The third-order valence-electron chi connectivity index (χ3n) is 3.24. The molecular formula is C15H17F3N2O. The van der Waals surface area contributed by atoms with Gasteiger partial charge in [-0.3, -0.25) is 4.98 Å². The van der Waals surface area contributed by atoms with Crippen LogP contribution >= 0.6 is 0 Å². The Labute approximate surface area is 121 Å². The van der Waals surface area contributed by atoms with E-state index in [1.807, 2.05) is 24.3 Å². The molecule has 0 saturated heterocycles. The molecule has 21 heavy (non-hydrogen) atoms. The number of benzene rings is 1. The molecule has 0 amide bonds. The summed E-state index contributed by atoms with van der Waals surface area (Å²) in [6, 6.07) is 7.69. The zero-order chi connectivity index (χ0) is 15.3. The van der Waals surface area contributed by atoms with Crippen LogP contribution in [0.5, 0.6) is 0 Å². The zero-order valence-corrected chi connectivity index (χ0v) is 11.7. The van der Waals surface area contributed by atoms with Gasteiger partial charge in [0.25, 0.3) is 0 Å². The van der Waals surface area contributed by atoms with Crippen molar-refractivity contribution in [2.24, 2.45) is 0 Å². The van der Waals surface area contributed by atoms with Crippen molar-refractivity contribution >= 4 is 10.8 Å². The maximum Gasteiger partial charge on any atom is 0.411 e. The maximum absolute atomic E-state index is 12.0. The Hall–Kier alpha value is -1.66. The molecule has 0 aliphatic rings. The van der Waals surface area contributed by atoms with Gasteiger partial charge < -0.3 is 10.1 Å². The summed E-state index contributed by atoms with van der Waals surface area (Å²) in [5, 5.41) is 5.16. The van der Waals surface area contributed by atoms with Gasteiger partial charge in [0, 0.05) is 30.4 Å². The van der Waals surface area contributed by atoms with Gasteiger partial charge in [0.15, 0.2) is 0 Å². The molecule has 0 aliphatic heterocycles. The van der Waals surface area contributed by atoms with Crippen LogP contribution in [0.25, 0.3) is 10.8 Å². The van der Waals surface area contributed by atoms with E-state index >= 15 is 0 Å². The number of halogens is 3. The molecule has 1 atom stereocenters. The van der Waals surface area contributed by atoms with Crippen LogP contribution in [0.2, 0.25) is 0 Å². The number of pyridine rings is 1. The average Bonchev–Trinajstić information content (AvgIpc) is 2.46. The van der Waals surface area contributed by atoms with E-state index in [1.165, 1.54) is 0 Å². The van der Waals surface area contributed by atoms with Gasteiger partial charge in [-0.2, -0.15) is 13.2 Å². The molecule has 0 bridgehead atoms. The highest BCUT2D eigenvalue weighted by Gasteiger charge is 2.27. The van der Waals surface area contributed by atoms with E-state index in [1.54, 1.807) is 19.4 Å². The largest absolute Gasteiger partial charge is 0.411 e. The molecule has 1 aromatic heterocycles. The molecule has 3 nitrogen and oxygen atoms in total. The van der Waals surface area contributed by atoms with Gasteiger partial charge in [-0.1, -0.05) is 24.3 Å². The van der Waals surface area contributed by atoms with E-state index in [0.29, 0.717) is 6.42 Å². The minimum atomic E-state index is -4.28. The lowest BCUT2D eigenvalue weighted by molar-refractivity contribution is -0.174. The zero-order valence-electron chi connectivity index (χ0n) is 11.7. The van der Waals surface area contributed by atoms with Crippen molar-refractivity contribution in [1.82, 2.24) is 10.3 Å². The smallest absolute Gasteiger partial charge is 0.372 e. The Balaban J connectivity index is 2.06. The van der Waals surface area contributed by atoms with E-state index in [9.17, 15) is 13.2 Å². The number of hydrogen-bond donors (Lipinski definition) is 1. The first-order valence-corrected chi connectivity index (χ1v) is 6.65. The molecule has 0 spiro atoms. The second-order valence-electron chi connectivity index (χ2n) is 4.75. The molecule has 0 radical (unpaired) electrons. The third-order valence-corrected chi connectivity index (χ3v) is 3.24. The highest BCUT2D eigenvalue weighted by Crippen LogP contribution is 2.25. The van der Waals surface area contributed by atoms with Crippen LogP contribution in [0.4, 0.5) is 13.2 Å². The fourth-order valence-corrected chi connectivity index (χ4v) is 2.26. The van der Waals surface area contributed by atoms with Crippen molar-refractivity contribution < 1.29 is 17.9 Å². The van der Waals surface area contributed by atoms with Crippen LogP contribution in [0.1, 0.15) is 18.0 Å². The number of nitrogens with one attached hydrogen (secondary N) is 1. The van der Waals surface area contributed by atoms with Crippen molar-refractivity contribution in [3.05, 3.63) is 42.2 Å². The summed E-state index contributed by atoms with van der Waals surface area (Å²) in [6.45, 7) is -1.18.